The van der Waals surface area contributed by atoms with Gasteiger partial charge in [0.15, 0.2) is 0 Å². The van der Waals surface area contributed by atoms with Gasteiger partial charge in [0, 0.05) is 47.7 Å². The van der Waals surface area contributed by atoms with Gasteiger partial charge in [-0.2, -0.15) is 5.26 Å². The van der Waals surface area contributed by atoms with Crippen molar-refractivity contribution >= 4 is 28.2 Å². The first-order valence-corrected chi connectivity index (χ1v) is 9.49. The maximum absolute atomic E-state index is 10.9. The first-order valence-electron chi connectivity index (χ1n) is 9.11. The minimum atomic E-state index is -0.332. The van der Waals surface area contributed by atoms with Gasteiger partial charge in [0.05, 0.1) is 22.9 Å². The third-order valence-electron chi connectivity index (χ3n) is 6.07. The molecule has 0 amide bonds. The fraction of sp³-hybridized carbons (Fsp3) is 0.500. The first kappa shape index (κ1) is 17.5. The first-order chi connectivity index (χ1) is 12.6. The van der Waals surface area contributed by atoms with E-state index in [4.69, 9.17) is 16.3 Å². The predicted octanol–water partition coefficient (Wildman–Crippen LogP) is 3.74. The van der Waals surface area contributed by atoms with Gasteiger partial charge in [-0.3, -0.25) is 4.98 Å². The van der Waals surface area contributed by atoms with Crippen molar-refractivity contribution in [2.45, 2.75) is 31.8 Å². The van der Waals surface area contributed by atoms with Gasteiger partial charge < -0.3 is 15.2 Å². The summed E-state index contributed by atoms with van der Waals surface area (Å²) in [7, 11) is 0. The number of hydrogen-bond donors (Lipinski definition) is 2. The zero-order chi connectivity index (χ0) is 18.1. The number of halogens is 1. The molecule has 2 fully saturated rings. The Labute approximate surface area is 157 Å². The van der Waals surface area contributed by atoms with Crippen LogP contribution in [-0.4, -0.2) is 36.0 Å². The molecule has 26 heavy (non-hydrogen) atoms. The van der Waals surface area contributed by atoms with E-state index >= 15 is 0 Å². The Morgan fingerprint density at radius 3 is 2.92 bits per heavy atom. The number of nitrogens with zero attached hydrogens (tertiary/aromatic N) is 2. The Morgan fingerprint density at radius 2 is 2.15 bits per heavy atom. The van der Waals surface area contributed by atoms with E-state index in [2.05, 4.69) is 16.4 Å². The largest absolute Gasteiger partial charge is 0.392 e. The van der Waals surface area contributed by atoms with Crippen LogP contribution in [0.4, 0.5) is 5.69 Å². The molecule has 1 saturated carbocycles. The summed E-state index contributed by atoms with van der Waals surface area (Å²) < 4.78 is 5.48. The molecule has 5 nitrogen and oxygen atoms in total. The van der Waals surface area contributed by atoms with Crippen LogP contribution >= 0.6 is 11.6 Å². The van der Waals surface area contributed by atoms with Crippen LogP contribution in [0.2, 0.25) is 5.02 Å². The molecule has 1 aliphatic heterocycles. The van der Waals surface area contributed by atoms with Crippen LogP contribution in [0.15, 0.2) is 24.4 Å². The molecule has 0 radical (unpaired) electrons. The summed E-state index contributed by atoms with van der Waals surface area (Å²) in [6.45, 7) is 2.11. The van der Waals surface area contributed by atoms with Crippen LogP contribution < -0.4 is 5.32 Å². The molecule has 0 bridgehead atoms. The summed E-state index contributed by atoms with van der Waals surface area (Å²) in [6, 6.07) is 7.68. The number of aromatic nitrogens is 1. The van der Waals surface area contributed by atoms with E-state index in [-0.39, 0.29) is 17.4 Å². The number of rotatable bonds is 3. The van der Waals surface area contributed by atoms with Crippen molar-refractivity contribution in [3.63, 3.8) is 0 Å². The number of nitrogens with one attached hydrogen (secondary N) is 1. The lowest BCUT2D eigenvalue weighted by molar-refractivity contribution is -0.0545. The van der Waals surface area contributed by atoms with Crippen LogP contribution in [-0.2, 0) is 4.74 Å². The Kier molecular flexibility index (Phi) is 4.74. The van der Waals surface area contributed by atoms with Crippen molar-refractivity contribution in [1.29, 1.82) is 5.26 Å². The van der Waals surface area contributed by atoms with Crippen molar-refractivity contribution in [3.8, 4) is 6.07 Å². The zero-order valence-corrected chi connectivity index (χ0v) is 15.3. The number of hydrogen-bond acceptors (Lipinski definition) is 5. The monoisotopic (exact) mass is 371 g/mol. The molecule has 1 aromatic carbocycles. The summed E-state index contributed by atoms with van der Waals surface area (Å²) in [5.74, 6) is 0.169. The van der Waals surface area contributed by atoms with E-state index in [1.807, 2.05) is 12.1 Å². The Morgan fingerprint density at radius 1 is 1.35 bits per heavy atom. The molecule has 1 saturated heterocycles. The Bertz CT molecular complexity index is 858. The minimum absolute atomic E-state index is 0.00622. The summed E-state index contributed by atoms with van der Waals surface area (Å²) in [5, 5.41) is 25.3. The summed E-state index contributed by atoms with van der Waals surface area (Å²) >= 11 is 6.14. The smallest absolute Gasteiger partial charge is 0.103 e. The second kappa shape index (κ2) is 7.03. The summed E-state index contributed by atoms with van der Waals surface area (Å²) in [4.78, 5) is 4.33. The molecule has 4 rings (SSSR count). The Balaban J connectivity index is 1.57. The van der Waals surface area contributed by atoms with E-state index in [1.54, 1.807) is 12.3 Å². The molecule has 2 unspecified atom stereocenters. The second-order valence-electron chi connectivity index (χ2n) is 7.42. The maximum atomic E-state index is 10.9. The normalized spacial score (nSPS) is 24.7. The lowest BCUT2D eigenvalue weighted by Gasteiger charge is -2.37. The van der Waals surface area contributed by atoms with Crippen molar-refractivity contribution in [1.82, 2.24) is 4.98 Å². The van der Waals surface area contributed by atoms with E-state index in [9.17, 15) is 10.4 Å². The molecule has 2 aromatic rings. The number of anilines is 1. The SMILES string of the molecule is N#Cc1cnc2ccc(Cl)cc2c1NCC1CCC2(CCOCC2)C1O. The lowest BCUT2D eigenvalue weighted by atomic mass is 9.76. The van der Waals surface area contributed by atoms with Crippen molar-refractivity contribution in [2.24, 2.45) is 11.3 Å². The molecule has 2 atom stereocenters. The highest BCUT2D eigenvalue weighted by Crippen LogP contribution is 2.48. The standard InChI is InChI=1S/C20H22ClN3O2/c21-15-1-2-17-16(9-15)18(14(10-22)12-23-17)24-11-13-3-4-20(19(13)25)5-7-26-8-6-20/h1-2,9,12-13,19,25H,3-8,11H2,(H,23,24). The Hall–Kier alpha value is -1.87. The molecule has 2 heterocycles. The maximum Gasteiger partial charge on any atom is 0.103 e. The number of aliphatic hydroxyl groups is 1. The fourth-order valence-electron chi connectivity index (χ4n) is 4.49. The second-order valence-corrected chi connectivity index (χ2v) is 7.86. The van der Waals surface area contributed by atoms with E-state index in [1.165, 1.54) is 0 Å². The van der Waals surface area contributed by atoms with Crippen LogP contribution in [0.25, 0.3) is 10.9 Å². The van der Waals surface area contributed by atoms with Crippen molar-refractivity contribution < 1.29 is 9.84 Å². The number of aliphatic hydroxyl groups excluding tert-OH is 1. The average molecular weight is 372 g/mol. The van der Waals surface area contributed by atoms with Gasteiger partial charge in [-0.15, -0.1) is 0 Å². The van der Waals surface area contributed by atoms with E-state index in [0.717, 1.165) is 55.5 Å². The molecule has 2 aliphatic rings. The molecule has 1 aliphatic carbocycles. The average Bonchev–Trinajstić information content (AvgIpc) is 2.96. The van der Waals surface area contributed by atoms with Gasteiger partial charge in [-0.05, 0) is 43.9 Å². The van der Waals surface area contributed by atoms with Crippen LogP contribution in [0.5, 0.6) is 0 Å². The number of ether oxygens (including phenoxy) is 1. The van der Waals surface area contributed by atoms with E-state index < -0.39 is 0 Å². The van der Waals surface area contributed by atoms with Gasteiger partial charge in [-0.1, -0.05) is 11.6 Å². The van der Waals surface area contributed by atoms with Gasteiger partial charge in [0.2, 0.25) is 0 Å². The number of benzene rings is 1. The molecule has 1 spiro atoms. The number of pyridine rings is 1. The van der Waals surface area contributed by atoms with Crippen LogP contribution in [0, 0.1) is 22.7 Å². The van der Waals surface area contributed by atoms with Crippen LogP contribution in [0.3, 0.4) is 0 Å². The molecule has 2 N–H and O–H groups in total. The zero-order valence-electron chi connectivity index (χ0n) is 14.5. The minimum Gasteiger partial charge on any atom is -0.392 e. The van der Waals surface area contributed by atoms with Gasteiger partial charge in [0.1, 0.15) is 6.07 Å². The van der Waals surface area contributed by atoms with Crippen LogP contribution in [0.1, 0.15) is 31.2 Å². The van der Waals surface area contributed by atoms with Crippen molar-refractivity contribution in [2.75, 3.05) is 25.1 Å². The molecular formula is C20H22ClN3O2. The summed E-state index contributed by atoms with van der Waals surface area (Å²) in [5.41, 5.74) is 2.05. The fourth-order valence-corrected chi connectivity index (χ4v) is 4.66. The highest BCUT2D eigenvalue weighted by molar-refractivity contribution is 6.31. The quantitative estimate of drug-likeness (QED) is 0.859. The van der Waals surface area contributed by atoms with Gasteiger partial charge in [0.25, 0.3) is 0 Å². The molecule has 6 heteroatoms. The number of fused-ring (bicyclic) bond motifs is 1. The highest BCUT2D eigenvalue weighted by Gasteiger charge is 2.47. The van der Waals surface area contributed by atoms with Gasteiger partial charge in [-0.25, -0.2) is 0 Å². The summed E-state index contributed by atoms with van der Waals surface area (Å²) in [6.07, 6.45) is 5.15. The predicted molar refractivity (Wildman–Crippen MR) is 101 cm³/mol. The van der Waals surface area contributed by atoms with E-state index in [0.29, 0.717) is 17.1 Å². The van der Waals surface area contributed by atoms with Gasteiger partial charge >= 0.3 is 0 Å². The lowest BCUT2D eigenvalue weighted by Crippen LogP contribution is -2.40. The molecule has 1 aromatic heterocycles. The third-order valence-corrected chi connectivity index (χ3v) is 6.30. The number of nitriles is 1. The topological polar surface area (TPSA) is 78.2 Å². The molecule has 136 valence electrons. The molecular weight excluding hydrogens is 350 g/mol. The highest BCUT2D eigenvalue weighted by atomic mass is 35.5. The van der Waals surface area contributed by atoms with Crippen molar-refractivity contribution in [3.05, 3.63) is 35.0 Å². The third kappa shape index (κ3) is 3.03.